The van der Waals surface area contributed by atoms with Crippen LogP contribution < -0.4 is 5.32 Å². The minimum atomic E-state index is -0.965. The van der Waals surface area contributed by atoms with E-state index < -0.39 is 28.7 Å². The van der Waals surface area contributed by atoms with Gasteiger partial charge in [-0.25, -0.2) is 8.78 Å². The average Bonchev–Trinajstić information content (AvgIpc) is 2.66. The van der Waals surface area contributed by atoms with Crippen LogP contribution in [0.2, 0.25) is 5.02 Å². The van der Waals surface area contributed by atoms with Crippen LogP contribution >= 0.6 is 11.6 Å². The van der Waals surface area contributed by atoms with Gasteiger partial charge in [-0.3, -0.25) is 4.79 Å². The first kappa shape index (κ1) is 16.2. The van der Waals surface area contributed by atoms with Crippen molar-refractivity contribution >= 4 is 17.5 Å². The summed E-state index contributed by atoms with van der Waals surface area (Å²) in [4.78, 5) is 11.9. The fourth-order valence-corrected chi connectivity index (χ4v) is 2.75. The van der Waals surface area contributed by atoms with Crippen LogP contribution in [0.4, 0.5) is 8.78 Å². The number of halogens is 3. The van der Waals surface area contributed by atoms with Crippen molar-refractivity contribution in [3.8, 4) is 0 Å². The molecule has 116 valence electrons. The van der Waals surface area contributed by atoms with Gasteiger partial charge < -0.3 is 10.4 Å². The van der Waals surface area contributed by atoms with Gasteiger partial charge in [-0.15, -0.1) is 0 Å². The molecule has 2 rings (SSSR count). The predicted molar refractivity (Wildman–Crippen MR) is 76.4 cm³/mol. The standard InChI is InChI=1S/C15H18ClF2NO2/c16-11-8-12(17)10(7-13(11)18)14(20)19-9-15(21)5-3-1-2-4-6-15/h7-8,21H,1-6,9H2,(H,19,20). The van der Waals surface area contributed by atoms with Crippen LogP contribution in [0.1, 0.15) is 48.9 Å². The van der Waals surface area contributed by atoms with Crippen LogP contribution in [-0.2, 0) is 0 Å². The smallest absolute Gasteiger partial charge is 0.254 e. The Kier molecular flexibility index (Phi) is 5.17. The summed E-state index contributed by atoms with van der Waals surface area (Å²) in [5, 5.41) is 12.5. The van der Waals surface area contributed by atoms with Crippen molar-refractivity contribution in [1.29, 1.82) is 0 Å². The van der Waals surface area contributed by atoms with Gasteiger partial charge in [-0.1, -0.05) is 37.3 Å². The second-order valence-electron chi connectivity index (χ2n) is 5.57. The zero-order valence-electron chi connectivity index (χ0n) is 11.6. The maximum absolute atomic E-state index is 13.6. The van der Waals surface area contributed by atoms with E-state index in [1.165, 1.54) is 0 Å². The molecule has 1 aromatic carbocycles. The van der Waals surface area contributed by atoms with Crippen LogP contribution in [0.15, 0.2) is 12.1 Å². The summed E-state index contributed by atoms with van der Waals surface area (Å²) in [6.45, 7) is 0.0372. The highest BCUT2D eigenvalue weighted by Gasteiger charge is 2.29. The van der Waals surface area contributed by atoms with Gasteiger partial charge in [0.2, 0.25) is 0 Å². The molecule has 0 aliphatic heterocycles. The number of hydrogen-bond donors (Lipinski definition) is 2. The summed E-state index contributed by atoms with van der Waals surface area (Å²) in [6.07, 6.45) is 5.13. The Hall–Kier alpha value is -1.20. The van der Waals surface area contributed by atoms with Gasteiger partial charge in [-0.05, 0) is 25.0 Å². The molecule has 1 aliphatic carbocycles. The number of aliphatic hydroxyl groups is 1. The fraction of sp³-hybridized carbons (Fsp3) is 0.533. The SMILES string of the molecule is O=C(NCC1(O)CCCCCC1)c1cc(F)c(Cl)cc1F. The van der Waals surface area contributed by atoms with Crippen LogP contribution in [0.25, 0.3) is 0 Å². The number of benzene rings is 1. The van der Waals surface area contributed by atoms with Crippen molar-refractivity contribution in [2.45, 2.75) is 44.1 Å². The minimum Gasteiger partial charge on any atom is -0.388 e. The quantitative estimate of drug-likeness (QED) is 0.663. The molecule has 1 fully saturated rings. The Balaban J connectivity index is 2.03. The molecule has 1 saturated carbocycles. The Bertz CT molecular complexity index is 529. The van der Waals surface area contributed by atoms with E-state index in [0.717, 1.165) is 37.8 Å². The molecule has 1 aliphatic rings. The number of nitrogens with one attached hydrogen (secondary N) is 1. The Labute approximate surface area is 127 Å². The third-order valence-corrected chi connectivity index (χ3v) is 4.16. The lowest BCUT2D eigenvalue weighted by molar-refractivity contribution is 0.0246. The molecule has 0 bridgehead atoms. The highest BCUT2D eigenvalue weighted by atomic mass is 35.5. The highest BCUT2D eigenvalue weighted by Crippen LogP contribution is 2.26. The molecule has 1 aromatic rings. The molecule has 21 heavy (non-hydrogen) atoms. The molecule has 0 unspecified atom stereocenters. The van der Waals surface area contributed by atoms with E-state index in [-0.39, 0.29) is 11.6 Å². The molecular weight excluding hydrogens is 300 g/mol. The molecule has 0 spiro atoms. The fourth-order valence-electron chi connectivity index (χ4n) is 2.60. The lowest BCUT2D eigenvalue weighted by atomic mass is 9.94. The Morgan fingerprint density at radius 2 is 1.81 bits per heavy atom. The molecule has 2 N–H and O–H groups in total. The maximum atomic E-state index is 13.6. The van der Waals surface area contributed by atoms with Gasteiger partial charge in [0.15, 0.2) is 0 Å². The molecule has 0 aromatic heterocycles. The Morgan fingerprint density at radius 1 is 1.19 bits per heavy atom. The van der Waals surface area contributed by atoms with E-state index in [0.29, 0.717) is 12.8 Å². The van der Waals surface area contributed by atoms with Crippen molar-refractivity contribution in [2.75, 3.05) is 6.54 Å². The topological polar surface area (TPSA) is 49.3 Å². The van der Waals surface area contributed by atoms with Crippen LogP contribution in [0, 0.1) is 11.6 Å². The molecule has 0 radical (unpaired) electrons. The first-order valence-electron chi connectivity index (χ1n) is 7.06. The highest BCUT2D eigenvalue weighted by molar-refractivity contribution is 6.30. The zero-order chi connectivity index (χ0) is 15.5. The summed E-state index contributed by atoms with van der Waals surface area (Å²) in [5.74, 6) is -2.48. The number of hydrogen-bond acceptors (Lipinski definition) is 2. The minimum absolute atomic E-state index is 0.0372. The lowest BCUT2D eigenvalue weighted by Crippen LogP contribution is -2.42. The van der Waals surface area contributed by atoms with Crippen LogP contribution in [-0.4, -0.2) is 23.2 Å². The van der Waals surface area contributed by atoms with E-state index >= 15 is 0 Å². The van der Waals surface area contributed by atoms with Gasteiger partial charge in [0.05, 0.1) is 16.2 Å². The molecule has 1 amide bonds. The molecular formula is C15H18ClF2NO2. The largest absolute Gasteiger partial charge is 0.388 e. The normalized spacial score (nSPS) is 18.1. The van der Waals surface area contributed by atoms with Gasteiger partial charge in [-0.2, -0.15) is 0 Å². The van der Waals surface area contributed by atoms with Crippen molar-refractivity contribution in [3.05, 3.63) is 34.4 Å². The summed E-state index contributed by atoms with van der Waals surface area (Å²) in [5.41, 5.74) is -1.37. The second kappa shape index (κ2) is 6.71. The summed E-state index contributed by atoms with van der Waals surface area (Å²) in [6, 6.07) is 1.54. The zero-order valence-corrected chi connectivity index (χ0v) is 12.3. The first-order valence-corrected chi connectivity index (χ1v) is 7.44. The van der Waals surface area contributed by atoms with Gasteiger partial charge in [0.25, 0.3) is 5.91 Å². The van der Waals surface area contributed by atoms with Crippen LogP contribution in [0.3, 0.4) is 0 Å². The van der Waals surface area contributed by atoms with E-state index in [9.17, 15) is 18.7 Å². The van der Waals surface area contributed by atoms with E-state index in [4.69, 9.17) is 11.6 Å². The van der Waals surface area contributed by atoms with E-state index in [2.05, 4.69) is 5.32 Å². The number of carbonyl (C=O) groups excluding carboxylic acids is 1. The number of amides is 1. The average molecular weight is 318 g/mol. The van der Waals surface area contributed by atoms with E-state index in [1.807, 2.05) is 0 Å². The van der Waals surface area contributed by atoms with Gasteiger partial charge in [0, 0.05) is 6.54 Å². The van der Waals surface area contributed by atoms with Gasteiger partial charge in [0.1, 0.15) is 11.6 Å². The summed E-state index contributed by atoms with van der Waals surface area (Å²) in [7, 11) is 0. The van der Waals surface area contributed by atoms with E-state index in [1.54, 1.807) is 0 Å². The molecule has 0 saturated heterocycles. The monoisotopic (exact) mass is 317 g/mol. The second-order valence-corrected chi connectivity index (χ2v) is 5.97. The van der Waals surface area contributed by atoms with Crippen molar-refractivity contribution < 1.29 is 18.7 Å². The van der Waals surface area contributed by atoms with Crippen LogP contribution in [0.5, 0.6) is 0 Å². The molecule has 0 atom stereocenters. The molecule has 0 heterocycles. The predicted octanol–water partition coefficient (Wildman–Crippen LogP) is 3.43. The third kappa shape index (κ3) is 4.14. The molecule has 6 heteroatoms. The van der Waals surface area contributed by atoms with Crippen molar-refractivity contribution in [1.82, 2.24) is 5.32 Å². The summed E-state index contributed by atoms with van der Waals surface area (Å²) < 4.78 is 26.9. The lowest BCUT2D eigenvalue weighted by Gasteiger charge is -2.26. The third-order valence-electron chi connectivity index (χ3n) is 3.87. The number of carbonyl (C=O) groups is 1. The van der Waals surface area contributed by atoms with Crippen molar-refractivity contribution in [2.24, 2.45) is 0 Å². The van der Waals surface area contributed by atoms with Gasteiger partial charge >= 0.3 is 0 Å². The first-order chi connectivity index (χ1) is 9.91. The molecule has 3 nitrogen and oxygen atoms in total. The maximum Gasteiger partial charge on any atom is 0.254 e. The summed E-state index contributed by atoms with van der Waals surface area (Å²) >= 11 is 5.44. The Morgan fingerprint density at radius 3 is 2.43 bits per heavy atom. The van der Waals surface area contributed by atoms with Crippen molar-refractivity contribution in [3.63, 3.8) is 0 Å². The number of rotatable bonds is 3.